The number of nitrogens with zero attached hydrogens (tertiary/aromatic N) is 3. The number of esters is 1. The summed E-state index contributed by atoms with van der Waals surface area (Å²) >= 11 is 5.95. The van der Waals surface area contributed by atoms with Crippen molar-refractivity contribution in [1.82, 2.24) is 14.9 Å². The van der Waals surface area contributed by atoms with Gasteiger partial charge in [-0.1, -0.05) is 32.0 Å². The Morgan fingerprint density at radius 3 is 2.43 bits per heavy atom. The van der Waals surface area contributed by atoms with Gasteiger partial charge < -0.3 is 24.8 Å². The highest BCUT2D eigenvalue weighted by molar-refractivity contribution is 7.80. The van der Waals surface area contributed by atoms with E-state index in [1.54, 1.807) is 12.3 Å². The second kappa shape index (κ2) is 11.8. The van der Waals surface area contributed by atoms with Crippen LogP contribution in [0.4, 0.5) is 11.4 Å². The molecule has 9 heteroatoms. The van der Waals surface area contributed by atoms with Gasteiger partial charge in [0.25, 0.3) is 0 Å². The van der Waals surface area contributed by atoms with E-state index in [1.165, 1.54) is 7.11 Å². The van der Waals surface area contributed by atoms with Gasteiger partial charge in [0, 0.05) is 34.9 Å². The van der Waals surface area contributed by atoms with E-state index < -0.39 is 5.97 Å². The molecule has 2 atom stereocenters. The number of ether oxygens (including phenoxy) is 1. The zero-order valence-corrected chi connectivity index (χ0v) is 25.5. The van der Waals surface area contributed by atoms with Crippen molar-refractivity contribution in [2.45, 2.75) is 46.7 Å². The van der Waals surface area contributed by atoms with E-state index in [4.69, 9.17) is 17.0 Å². The van der Waals surface area contributed by atoms with Crippen molar-refractivity contribution in [3.63, 3.8) is 0 Å². The molecule has 4 aromatic rings. The lowest BCUT2D eigenvalue weighted by Crippen LogP contribution is -2.29. The molecule has 0 bridgehead atoms. The van der Waals surface area contributed by atoms with Gasteiger partial charge in [-0.3, -0.25) is 9.78 Å². The second-order valence-electron chi connectivity index (χ2n) is 10.8. The van der Waals surface area contributed by atoms with Crippen LogP contribution in [0.15, 0.2) is 72.9 Å². The molecule has 216 valence electrons. The first kappa shape index (κ1) is 29.0. The van der Waals surface area contributed by atoms with Crippen LogP contribution in [0.5, 0.6) is 0 Å². The van der Waals surface area contributed by atoms with Crippen LogP contribution in [0.1, 0.15) is 64.5 Å². The maximum Gasteiger partial charge on any atom is 0.339 e. The lowest BCUT2D eigenvalue weighted by Gasteiger charge is -2.29. The molecule has 2 N–H and O–H groups in total. The number of hydrogen-bond donors (Lipinski definition) is 2. The van der Waals surface area contributed by atoms with E-state index >= 15 is 0 Å². The van der Waals surface area contributed by atoms with Crippen molar-refractivity contribution < 1.29 is 14.3 Å². The fourth-order valence-corrected chi connectivity index (χ4v) is 5.92. The second-order valence-corrected chi connectivity index (χ2v) is 11.2. The number of amides is 1. The molecule has 8 nitrogen and oxygen atoms in total. The average molecular weight is 582 g/mol. The Hall–Kier alpha value is -4.50. The van der Waals surface area contributed by atoms with E-state index in [0.29, 0.717) is 10.7 Å². The summed E-state index contributed by atoms with van der Waals surface area (Å²) in [4.78, 5) is 31.8. The van der Waals surface area contributed by atoms with E-state index in [0.717, 1.165) is 45.3 Å². The molecule has 0 saturated carbocycles. The fourth-order valence-electron chi connectivity index (χ4n) is 5.57. The Kier molecular flexibility index (Phi) is 8.13. The van der Waals surface area contributed by atoms with Gasteiger partial charge in [0.2, 0.25) is 5.91 Å². The highest BCUT2D eigenvalue weighted by Gasteiger charge is 2.42. The van der Waals surface area contributed by atoms with E-state index in [2.05, 4.69) is 38.1 Å². The third kappa shape index (κ3) is 5.27. The van der Waals surface area contributed by atoms with Gasteiger partial charge in [-0.2, -0.15) is 0 Å². The number of carbonyl (C=O) groups excluding carboxylic acids is 2. The average Bonchev–Trinajstić information content (AvgIpc) is 3.48. The van der Waals surface area contributed by atoms with E-state index in [1.807, 2.05) is 82.3 Å². The zero-order valence-electron chi connectivity index (χ0n) is 24.6. The Morgan fingerprint density at radius 1 is 1.02 bits per heavy atom. The van der Waals surface area contributed by atoms with E-state index in [9.17, 15) is 9.59 Å². The number of benzene rings is 2. The standard InChI is InChI=1S/C33H35N5O3S/c1-19(2)31(39)35-26-15-14-23(17-20(26)3)38-30(29(36-33(38)42)27-12-9-10-16-34-27)25-18-21(4)37(22(25)5)28-13-8-7-11-24(28)32(40)41-6/h7-19,29-30H,1-6H3,(H,35,39)(H,36,42). The van der Waals surface area contributed by atoms with Gasteiger partial charge in [0.05, 0.1) is 36.1 Å². The number of nitrogens with one attached hydrogen (secondary N) is 2. The van der Waals surface area contributed by atoms with Crippen LogP contribution in [-0.2, 0) is 9.53 Å². The first-order valence-electron chi connectivity index (χ1n) is 13.9. The molecule has 0 aliphatic carbocycles. The summed E-state index contributed by atoms with van der Waals surface area (Å²) in [5.74, 6) is -0.545. The number of anilines is 2. The van der Waals surface area contributed by atoms with Gasteiger partial charge in [-0.05, 0) is 92.6 Å². The number of rotatable bonds is 7. The van der Waals surface area contributed by atoms with Crippen LogP contribution in [0.25, 0.3) is 5.69 Å². The van der Waals surface area contributed by atoms with Crippen molar-refractivity contribution in [1.29, 1.82) is 0 Å². The van der Waals surface area contributed by atoms with Gasteiger partial charge in [-0.15, -0.1) is 0 Å². The number of methoxy groups -OCH3 is 1. The molecule has 42 heavy (non-hydrogen) atoms. The molecule has 1 amide bonds. The van der Waals surface area contributed by atoms with Crippen molar-refractivity contribution in [2.24, 2.45) is 5.92 Å². The van der Waals surface area contributed by atoms with Crippen LogP contribution >= 0.6 is 12.2 Å². The number of carbonyl (C=O) groups is 2. The molecule has 0 spiro atoms. The zero-order chi connectivity index (χ0) is 30.1. The van der Waals surface area contributed by atoms with Gasteiger partial charge in [0.15, 0.2) is 5.11 Å². The maximum atomic E-state index is 12.7. The number of thiocarbonyl (C=S) groups is 1. The molecule has 2 unspecified atom stereocenters. The predicted molar refractivity (Wildman–Crippen MR) is 169 cm³/mol. The molecule has 1 aliphatic heterocycles. The number of aromatic nitrogens is 2. The van der Waals surface area contributed by atoms with Gasteiger partial charge >= 0.3 is 5.97 Å². The normalized spacial score (nSPS) is 16.5. The number of para-hydroxylation sites is 1. The lowest BCUT2D eigenvalue weighted by atomic mass is 9.96. The summed E-state index contributed by atoms with van der Waals surface area (Å²) in [6.45, 7) is 9.81. The number of pyridine rings is 1. The molecule has 0 radical (unpaired) electrons. The fraction of sp³-hybridized carbons (Fsp3) is 0.273. The molecule has 2 aromatic carbocycles. The van der Waals surface area contributed by atoms with Crippen LogP contribution in [0.2, 0.25) is 0 Å². The topological polar surface area (TPSA) is 88.5 Å². The highest BCUT2D eigenvalue weighted by Crippen LogP contribution is 2.44. The Bertz CT molecular complexity index is 1660. The SMILES string of the molecule is COC(=O)c1ccccc1-n1c(C)cc(C2C(c3ccccn3)NC(=S)N2c2ccc(NC(=O)C(C)C)c(C)c2)c1C. The Labute approximate surface area is 251 Å². The Balaban J connectivity index is 1.64. The summed E-state index contributed by atoms with van der Waals surface area (Å²) in [6.07, 6.45) is 1.78. The molecule has 1 fully saturated rings. The first-order valence-corrected chi connectivity index (χ1v) is 14.3. The predicted octanol–water partition coefficient (Wildman–Crippen LogP) is 6.36. The lowest BCUT2D eigenvalue weighted by molar-refractivity contribution is -0.118. The van der Waals surface area contributed by atoms with Crippen LogP contribution < -0.4 is 15.5 Å². The summed E-state index contributed by atoms with van der Waals surface area (Å²) < 4.78 is 7.17. The Morgan fingerprint density at radius 2 is 1.76 bits per heavy atom. The van der Waals surface area contributed by atoms with Crippen molar-refractivity contribution in [2.75, 3.05) is 17.3 Å². The summed E-state index contributed by atoms with van der Waals surface area (Å²) in [5.41, 5.74) is 7.70. The molecule has 3 heterocycles. The van der Waals surface area contributed by atoms with Crippen molar-refractivity contribution in [3.8, 4) is 5.69 Å². The molecule has 1 saturated heterocycles. The molecule has 1 aliphatic rings. The molecule has 5 rings (SSSR count). The van der Waals surface area contributed by atoms with Gasteiger partial charge in [0.1, 0.15) is 0 Å². The molecule has 2 aromatic heterocycles. The van der Waals surface area contributed by atoms with Gasteiger partial charge in [-0.25, -0.2) is 4.79 Å². The van der Waals surface area contributed by atoms with Crippen molar-refractivity contribution >= 4 is 40.6 Å². The van der Waals surface area contributed by atoms with Crippen LogP contribution in [0, 0.1) is 26.7 Å². The molecular formula is C33H35N5O3S. The summed E-state index contributed by atoms with van der Waals surface area (Å²) in [6, 6.07) is 20.9. The van der Waals surface area contributed by atoms with Crippen LogP contribution in [0.3, 0.4) is 0 Å². The number of hydrogen-bond acceptors (Lipinski definition) is 5. The minimum absolute atomic E-state index is 0.0306. The monoisotopic (exact) mass is 581 g/mol. The number of aryl methyl sites for hydroxylation is 2. The maximum absolute atomic E-state index is 12.7. The minimum atomic E-state index is -0.392. The van der Waals surface area contributed by atoms with Crippen LogP contribution in [-0.4, -0.2) is 33.6 Å². The smallest absolute Gasteiger partial charge is 0.339 e. The third-order valence-corrected chi connectivity index (χ3v) is 8.02. The highest BCUT2D eigenvalue weighted by atomic mass is 32.1. The van der Waals surface area contributed by atoms with Crippen molar-refractivity contribution in [3.05, 3.63) is 107 Å². The molecular weight excluding hydrogens is 546 g/mol. The quantitative estimate of drug-likeness (QED) is 0.194. The minimum Gasteiger partial charge on any atom is -0.465 e. The summed E-state index contributed by atoms with van der Waals surface area (Å²) in [5, 5.41) is 7.12. The third-order valence-electron chi connectivity index (χ3n) is 7.71. The first-order chi connectivity index (χ1) is 20.1. The largest absolute Gasteiger partial charge is 0.465 e. The van der Waals surface area contributed by atoms with E-state index in [-0.39, 0.29) is 23.9 Å². The summed E-state index contributed by atoms with van der Waals surface area (Å²) in [7, 11) is 1.39.